The summed E-state index contributed by atoms with van der Waals surface area (Å²) in [5, 5.41) is 14.3. The molecule has 0 aliphatic carbocycles. The second-order valence-corrected chi connectivity index (χ2v) is 8.13. The first kappa shape index (κ1) is 21.1. The number of nitrogens with zero attached hydrogens (tertiary/aromatic N) is 2. The highest BCUT2D eigenvalue weighted by molar-refractivity contribution is 5.51. The molecule has 2 aromatic carbocycles. The van der Waals surface area contributed by atoms with Crippen LogP contribution in [0.4, 0.5) is 11.4 Å². The van der Waals surface area contributed by atoms with Gasteiger partial charge < -0.3 is 14.4 Å². The Morgan fingerprint density at radius 3 is 2.48 bits per heavy atom. The highest BCUT2D eigenvalue weighted by Crippen LogP contribution is 2.24. The van der Waals surface area contributed by atoms with E-state index in [9.17, 15) is 10.1 Å². The lowest BCUT2D eigenvalue weighted by Gasteiger charge is -2.37. The van der Waals surface area contributed by atoms with Crippen molar-refractivity contribution in [1.29, 1.82) is 0 Å². The number of hydrogen-bond acceptors (Lipinski definition) is 6. The fraction of sp³-hybridized carbons (Fsp3) is 0.455. The molecule has 1 fully saturated rings. The predicted octanol–water partition coefficient (Wildman–Crippen LogP) is 3.72. The second kappa shape index (κ2) is 9.24. The van der Waals surface area contributed by atoms with E-state index >= 15 is 0 Å². The van der Waals surface area contributed by atoms with Crippen molar-refractivity contribution in [2.45, 2.75) is 32.4 Å². The molecule has 0 radical (unpaired) electrons. The first-order valence-corrected chi connectivity index (χ1v) is 9.90. The molecule has 0 unspecified atom stereocenters. The lowest BCUT2D eigenvalue weighted by molar-refractivity contribution is -0.384. The molecule has 3 rings (SSSR count). The van der Waals surface area contributed by atoms with E-state index in [1.54, 1.807) is 12.1 Å². The molecule has 0 bridgehead atoms. The standard InChI is InChI=1S/C22H29N3O4/c1-22(2,3)17-4-10-20(11-5-17)29-14-12-23-21-16-28-15-13-24(21)18-6-8-19(9-7-18)25(26)27/h4-11,21,23H,12-16H2,1-3H3/t21-/m1/s1. The maximum absolute atomic E-state index is 10.9. The summed E-state index contributed by atoms with van der Waals surface area (Å²) < 4.78 is 11.5. The molecular weight excluding hydrogens is 370 g/mol. The highest BCUT2D eigenvalue weighted by atomic mass is 16.6. The fourth-order valence-corrected chi connectivity index (χ4v) is 3.29. The minimum atomic E-state index is -0.385. The number of non-ortho nitro benzene ring substituents is 1. The van der Waals surface area contributed by atoms with Crippen LogP contribution in [0.25, 0.3) is 0 Å². The number of morpholine rings is 1. The van der Waals surface area contributed by atoms with Gasteiger partial charge in [-0.2, -0.15) is 0 Å². The molecule has 1 saturated heterocycles. The van der Waals surface area contributed by atoms with Gasteiger partial charge >= 0.3 is 0 Å². The van der Waals surface area contributed by atoms with E-state index in [0.29, 0.717) is 26.4 Å². The lowest BCUT2D eigenvalue weighted by Crippen LogP contribution is -2.54. The first-order chi connectivity index (χ1) is 13.8. The summed E-state index contributed by atoms with van der Waals surface area (Å²) in [6.45, 7) is 9.69. The Morgan fingerprint density at radius 1 is 1.17 bits per heavy atom. The van der Waals surface area contributed by atoms with Gasteiger partial charge in [0.15, 0.2) is 0 Å². The van der Waals surface area contributed by atoms with Gasteiger partial charge in [0.25, 0.3) is 5.69 Å². The number of nitro benzene ring substituents is 1. The van der Waals surface area contributed by atoms with E-state index in [2.05, 4.69) is 43.1 Å². The Hall–Kier alpha value is -2.64. The molecule has 7 nitrogen and oxygen atoms in total. The largest absolute Gasteiger partial charge is 0.492 e. The van der Waals surface area contributed by atoms with Gasteiger partial charge in [-0.05, 0) is 35.2 Å². The van der Waals surface area contributed by atoms with E-state index in [1.165, 1.54) is 17.7 Å². The van der Waals surface area contributed by atoms with Crippen LogP contribution < -0.4 is 15.0 Å². The maximum Gasteiger partial charge on any atom is 0.269 e. The summed E-state index contributed by atoms with van der Waals surface area (Å²) in [5.74, 6) is 0.854. The van der Waals surface area contributed by atoms with Gasteiger partial charge in [0.2, 0.25) is 0 Å². The zero-order valence-corrected chi connectivity index (χ0v) is 17.3. The molecule has 1 aliphatic heterocycles. The molecule has 0 saturated carbocycles. The van der Waals surface area contributed by atoms with Crippen LogP contribution in [0.15, 0.2) is 48.5 Å². The van der Waals surface area contributed by atoms with Gasteiger partial charge in [0.05, 0.1) is 18.1 Å². The molecule has 1 heterocycles. The topological polar surface area (TPSA) is 76.9 Å². The maximum atomic E-state index is 10.9. The van der Waals surface area contributed by atoms with Gasteiger partial charge in [-0.25, -0.2) is 0 Å². The smallest absolute Gasteiger partial charge is 0.269 e. The van der Waals surface area contributed by atoms with Crippen LogP contribution in [-0.4, -0.2) is 44.0 Å². The SMILES string of the molecule is CC(C)(C)c1ccc(OCCN[C@H]2COCCN2c2ccc([N+](=O)[O-])cc2)cc1. The molecule has 2 aromatic rings. The zero-order valence-electron chi connectivity index (χ0n) is 17.3. The van der Waals surface area contributed by atoms with Crippen molar-refractivity contribution < 1.29 is 14.4 Å². The third-order valence-corrected chi connectivity index (χ3v) is 4.99. The molecule has 0 amide bonds. The summed E-state index contributed by atoms with van der Waals surface area (Å²) in [6.07, 6.45) is -0.00271. The van der Waals surface area contributed by atoms with Crippen molar-refractivity contribution in [3.05, 3.63) is 64.2 Å². The highest BCUT2D eigenvalue weighted by Gasteiger charge is 2.23. The van der Waals surface area contributed by atoms with Crippen molar-refractivity contribution in [2.24, 2.45) is 0 Å². The van der Waals surface area contributed by atoms with E-state index < -0.39 is 0 Å². The molecule has 1 N–H and O–H groups in total. The summed E-state index contributed by atoms with van der Waals surface area (Å²) in [4.78, 5) is 12.6. The average molecular weight is 399 g/mol. The van der Waals surface area contributed by atoms with Crippen LogP contribution in [0.2, 0.25) is 0 Å². The van der Waals surface area contributed by atoms with Crippen LogP contribution >= 0.6 is 0 Å². The molecular formula is C22H29N3O4. The van der Waals surface area contributed by atoms with Gasteiger partial charge in [-0.3, -0.25) is 15.4 Å². The average Bonchev–Trinajstić information content (AvgIpc) is 2.71. The van der Waals surface area contributed by atoms with Crippen LogP contribution in [0.5, 0.6) is 5.75 Å². The second-order valence-electron chi connectivity index (χ2n) is 8.13. The summed E-state index contributed by atoms with van der Waals surface area (Å²) in [5.41, 5.74) is 2.44. The monoisotopic (exact) mass is 399 g/mol. The minimum absolute atomic E-state index is 0.00271. The number of benzene rings is 2. The van der Waals surface area contributed by atoms with Crippen molar-refractivity contribution in [2.75, 3.05) is 37.8 Å². The summed E-state index contributed by atoms with van der Waals surface area (Å²) in [6, 6.07) is 14.9. The number of rotatable bonds is 7. The van der Waals surface area contributed by atoms with Crippen molar-refractivity contribution in [3.8, 4) is 5.75 Å². The number of nitrogens with one attached hydrogen (secondary N) is 1. The number of nitro groups is 1. The van der Waals surface area contributed by atoms with Crippen molar-refractivity contribution >= 4 is 11.4 Å². The van der Waals surface area contributed by atoms with E-state index in [1.807, 2.05) is 12.1 Å². The van der Waals surface area contributed by atoms with Crippen molar-refractivity contribution in [3.63, 3.8) is 0 Å². The van der Waals surface area contributed by atoms with Gasteiger partial charge in [-0.15, -0.1) is 0 Å². The predicted molar refractivity (Wildman–Crippen MR) is 114 cm³/mol. The molecule has 0 spiro atoms. The zero-order chi connectivity index (χ0) is 20.9. The quantitative estimate of drug-likeness (QED) is 0.434. The first-order valence-electron chi connectivity index (χ1n) is 9.90. The fourth-order valence-electron chi connectivity index (χ4n) is 3.29. The molecule has 7 heteroatoms. The molecule has 0 aromatic heterocycles. The normalized spacial score (nSPS) is 17.2. The van der Waals surface area contributed by atoms with E-state index in [-0.39, 0.29) is 22.2 Å². The molecule has 156 valence electrons. The van der Waals surface area contributed by atoms with Crippen LogP contribution in [0.3, 0.4) is 0 Å². The Morgan fingerprint density at radius 2 is 1.86 bits per heavy atom. The number of hydrogen-bond donors (Lipinski definition) is 1. The van der Waals surface area contributed by atoms with Gasteiger partial charge in [-0.1, -0.05) is 32.9 Å². The van der Waals surface area contributed by atoms with Crippen LogP contribution in [0, 0.1) is 10.1 Å². The Labute approximate surface area is 171 Å². The lowest BCUT2D eigenvalue weighted by atomic mass is 9.87. The third-order valence-electron chi connectivity index (χ3n) is 4.99. The van der Waals surface area contributed by atoms with Crippen LogP contribution in [0.1, 0.15) is 26.3 Å². The minimum Gasteiger partial charge on any atom is -0.492 e. The summed E-state index contributed by atoms with van der Waals surface area (Å²) in [7, 11) is 0. The van der Waals surface area contributed by atoms with Gasteiger partial charge in [0.1, 0.15) is 18.5 Å². The number of ether oxygens (including phenoxy) is 2. The summed E-state index contributed by atoms with van der Waals surface area (Å²) >= 11 is 0. The van der Waals surface area contributed by atoms with E-state index in [4.69, 9.17) is 9.47 Å². The van der Waals surface area contributed by atoms with Gasteiger partial charge in [0, 0.05) is 30.9 Å². The Bertz CT molecular complexity index is 800. The molecule has 1 atom stereocenters. The number of anilines is 1. The molecule has 1 aliphatic rings. The van der Waals surface area contributed by atoms with Crippen LogP contribution in [-0.2, 0) is 10.2 Å². The Kier molecular flexibility index (Phi) is 6.71. The van der Waals surface area contributed by atoms with E-state index in [0.717, 1.165) is 18.0 Å². The van der Waals surface area contributed by atoms with Crippen molar-refractivity contribution in [1.82, 2.24) is 5.32 Å². The third kappa shape index (κ3) is 5.68. The Balaban J connectivity index is 1.51. The molecule has 29 heavy (non-hydrogen) atoms.